The summed E-state index contributed by atoms with van der Waals surface area (Å²) < 4.78 is 85.3. The highest BCUT2D eigenvalue weighted by Gasteiger charge is 2.35. The van der Waals surface area contributed by atoms with Crippen LogP contribution < -0.4 is 5.32 Å². The van der Waals surface area contributed by atoms with E-state index in [1.807, 2.05) is 0 Å². The first kappa shape index (κ1) is 22.3. The van der Waals surface area contributed by atoms with Gasteiger partial charge < -0.3 is 15.2 Å². The summed E-state index contributed by atoms with van der Waals surface area (Å²) in [4.78, 5) is 0. The molecule has 2 N–H and O–H groups in total. The van der Waals surface area contributed by atoms with Crippen LogP contribution in [0.2, 0.25) is 0 Å². The van der Waals surface area contributed by atoms with E-state index in [1.165, 1.54) is 4.40 Å². The first-order valence-electron chi connectivity index (χ1n) is 9.66. The fourth-order valence-corrected chi connectivity index (χ4v) is 3.67. The number of halogens is 6. The number of hydrogen-bond donors (Lipinski definition) is 2. The maximum atomic E-state index is 13.1. The topological polar surface area (TPSA) is 71.7 Å². The summed E-state index contributed by atoms with van der Waals surface area (Å²) >= 11 is 0. The van der Waals surface area contributed by atoms with E-state index in [1.54, 1.807) is 18.3 Å². The second kappa shape index (κ2) is 8.24. The van der Waals surface area contributed by atoms with Gasteiger partial charge in [-0.2, -0.15) is 26.3 Å². The summed E-state index contributed by atoms with van der Waals surface area (Å²) in [5.74, 6) is 0.240. The summed E-state index contributed by atoms with van der Waals surface area (Å²) in [6.07, 6.45) is -9.74. The largest absolute Gasteiger partial charge is 0.416 e. The number of rotatable bonds is 4. The minimum Gasteiger partial charge on any atom is -0.389 e. The van der Waals surface area contributed by atoms with Crippen molar-refractivity contribution in [1.82, 2.24) is 14.6 Å². The van der Waals surface area contributed by atoms with Gasteiger partial charge in [-0.3, -0.25) is 4.40 Å². The van der Waals surface area contributed by atoms with Gasteiger partial charge in [-0.05, 0) is 36.2 Å². The third-order valence-electron chi connectivity index (χ3n) is 5.18. The molecule has 12 heteroatoms. The maximum Gasteiger partial charge on any atom is 0.416 e. The Balaban J connectivity index is 1.77. The summed E-state index contributed by atoms with van der Waals surface area (Å²) in [6, 6.07) is 5.01. The Morgan fingerprint density at radius 3 is 2.59 bits per heavy atom. The fraction of sp³-hybridized carbons (Fsp3) is 0.400. The van der Waals surface area contributed by atoms with E-state index in [4.69, 9.17) is 4.74 Å². The number of nitrogens with one attached hydrogen (secondary N) is 1. The van der Waals surface area contributed by atoms with Crippen molar-refractivity contribution in [2.24, 2.45) is 0 Å². The molecule has 1 fully saturated rings. The van der Waals surface area contributed by atoms with Gasteiger partial charge in [0, 0.05) is 18.4 Å². The normalized spacial score (nSPS) is 20.0. The molecule has 1 aromatic carbocycles. The molecular weight excluding hydrogens is 442 g/mol. The number of aromatic nitrogens is 3. The lowest BCUT2D eigenvalue weighted by molar-refractivity contribution is -0.138. The average molecular weight is 460 g/mol. The number of aliphatic hydroxyl groups is 1. The Morgan fingerprint density at radius 2 is 1.91 bits per heavy atom. The van der Waals surface area contributed by atoms with Gasteiger partial charge in [0.2, 0.25) is 5.95 Å². The molecule has 32 heavy (non-hydrogen) atoms. The number of fused-ring (bicyclic) bond motifs is 1. The molecule has 1 saturated heterocycles. The first-order valence-corrected chi connectivity index (χ1v) is 9.66. The van der Waals surface area contributed by atoms with Crippen LogP contribution in [0.4, 0.5) is 32.3 Å². The molecule has 1 aliphatic heterocycles. The Hall–Kier alpha value is -2.86. The molecule has 0 aliphatic carbocycles. The van der Waals surface area contributed by atoms with Crippen LogP contribution in [-0.2, 0) is 17.3 Å². The van der Waals surface area contributed by atoms with Gasteiger partial charge in [-0.15, -0.1) is 10.2 Å². The smallest absolute Gasteiger partial charge is 0.389 e. The van der Waals surface area contributed by atoms with Crippen LogP contribution in [0.15, 0.2) is 36.5 Å². The number of nitrogens with zero attached hydrogens (tertiary/aromatic N) is 3. The van der Waals surface area contributed by atoms with Gasteiger partial charge in [-0.1, -0.05) is 6.07 Å². The zero-order valence-electron chi connectivity index (χ0n) is 16.4. The minimum absolute atomic E-state index is 0.0149. The molecule has 6 nitrogen and oxygen atoms in total. The first-order chi connectivity index (χ1) is 15.0. The van der Waals surface area contributed by atoms with Crippen molar-refractivity contribution >= 4 is 11.5 Å². The van der Waals surface area contributed by atoms with E-state index in [9.17, 15) is 31.4 Å². The van der Waals surface area contributed by atoms with E-state index in [-0.39, 0.29) is 29.9 Å². The molecule has 0 amide bonds. The van der Waals surface area contributed by atoms with E-state index in [0.717, 1.165) is 12.1 Å². The van der Waals surface area contributed by atoms with E-state index >= 15 is 0 Å². The van der Waals surface area contributed by atoms with Crippen LogP contribution in [0.5, 0.6) is 0 Å². The van der Waals surface area contributed by atoms with Crippen LogP contribution in [0.1, 0.15) is 17.5 Å². The zero-order chi connectivity index (χ0) is 23.1. The molecular formula is C20H18F6N4O2. The molecule has 4 rings (SSSR count). The molecule has 2 atom stereocenters. The molecule has 3 heterocycles. The summed E-state index contributed by atoms with van der Waals surface area (Å²) in [7, 11) is 0. The predicted octanol–water partition coefficient (Wildman–Crippen LogP) is 4.08. The molecule has 0 saturated carbocycles. The average Bonchev–Trinajstić information content (AvgIpc) is 3.19. The molecule has 0 unspecified atom stereocenters. The SMILES string of the molecule is O[C@H]1COCC[C@H]1Nc1nnc(-c2ccc(C(F)(F)F)cc2CC(F)(F)F)c2cccn12. The molecule has 0 spiro atoms. The number of anilines is 1. The van der Waals surface area contributed by atoms with Gasteiger partial charge in [-0.25, -0.2) is 0 Å². The van der Waals surface area contributed by atoms with Crippen molar-refractivity contribution in [2.75, 3.05) is 18.5 Å². The highest BCUT2D eigenvalue weighted by molar-refractivity contribution is 5.80. The lowest BCUT2D eigenvalue weighted by Gasteiger charge is -2.28. The summed E-state index contributed by atoms with van der Waals surface area (Å²) in [6.45, 7) is 0.575. The van der Waals surface area contributed by atoms with Crippen LogP contribution >= 0.6 is 0 Å². The Morgan fingerprint density at radius 1 is 1.12 bits per heavy atom. The second-order valence-electron chi connectivity index (χ2n) is 7.48. The molecule has 2 aromatic heterocycles. The number of benzene rings is 1. The number of ether oxygens (including phenoxy) is 1. The highest BCUT2D eigenvalue weighted by atomic mass is 19.4. The van der Waals surface area contributed by atoms with Gasteiger partial charge in [0.15, 0.2) is 0 Å². The van der Waals surface area contributed by atoms with Crippen molar-refractivity contribution in [3.05, 3.63) is 47.7 Å². The van der Waals surface area contributed by atoms with Crippen molar-refractivity contribution in [3.63, 3.8) is 0 Å². The van der Waals surface area contributed by atoms with E-state index < -0.39 is 36.0 Å². The van der Waals surface area contributed by atoms with E-state index in [0.29, 0.717) is 24.6 Å². The molecule has 0 radical (unpaired) electrons. The number of hydrogen-bond acceptors (Lipinski definition) is 5. The van der Waals surface area contributed by atoms with Gasteiger partial charge >= 0.3 is 12.4 Å². The summed E-state index contributed by atoms with van der Waals surface area (Å²) in [5, 5.41) is 21.2. The van der Waals surface area contributed by atoms with Gasteiger partial charge in [0.1, 0.15) is 5.69 Å². The predicted molar refractivity (Wildman–Crippen MR) is 102 cm³/mol. The minimum atomic E-state index is -4.78. The number of alkyl halides is 6. The van der Waals surface area contributed by atoms with Crippen molar-refractivity contribution in [2.45, 2.75) is 37.3 Å². The Labute approximate surface area is 177 Å². The lowest BCUT2D eigenvalue weighted by Crippen LogP contribution is -2.42. The molecule has 1 aliphatic rings. The Kier molecular flexibility index (Phi) is 5.76. The maximum absolute atomic E-state index is 13.1. The van der Waals surface area contributed by atoms with Crippen molar-refractivity contribution in [3.8, 4) is 11.3 Å². The highest BCUT2D eigenvalue weighted by Crippen LogP contribution is 2.36. The summed E-state index contributed by atoms with van der Waals surface area (Å²) in [5.41, 5.74) is -1.45. The quantitative estimate of drug-likeness (QED) is 0.575. The number of aliphatic hydroxyl groups excluding tert-OH is 1. The Bertz CT molecular complexity index is 1110. The van der Waals surface area contributed by atoms with Gasteiger partial charge in [0.25, 0.3) is 0 Å². The third-order valence-corrected chi connectivity index (χ3v) is 5.18. The van der Waals surface area contributed by atoms with Crippen molar-refractivity contribution < 1.29 is 36.2 Å². The van der Waals surface area contributed by atoms with Gasteiger partial charge in [0.05, 0.1) is 36.3 Å². The van der Waals surface area contributed by atoms with Crippen LogP contribution in [0, 0.1) is 0 Å². The van der Waals surface area contributed by atoms with E-state index in [2.05, 4.69) is 15.5 Å². The van der Waals surface area contributed by atoms with Crippen LogP contribution in [-0.4, -0.2) is 51.2 Å². The third kappa shape index (κ3) is 4.65. The fourth-order valence-electron chi connectivity index (χ4n) is 3.67. The molecule has 3 aromatic rings. The van der Waals surface area contributed by atoms with Crippen molar-refractivity contribution in [1.29, 1.82) is 0 Å². The monoisotopic (exact) mass is 460 g/mol. The standard InChI is InChI=1S/C20H18F6N4O2/c21-19(22,23)9-11-8-12(20(24,25)26)3-4-13(11)17-15-2-1-6-30(15)18(29-28-17)27-14-5-7-32-10-16(14)31/h1-4,6,8,14,16,31H,5,7,9-10H2,(H,27,29)/t14-,16+/m1/s1. The van der Waals surface area contributed by atoms with Crippen LogP contribution in [0.25, 0.3) is 16.8 Å². The van der Waals surface area contributed by atoms with Crippen LogP contribution in [0.3, 0.4) is 0 Å². The lowest BCUT2D eigenvalue weighted by atomic mass is 9.98. The zero-order valence-corrected chi connectivity index (χ0v) is 16.4. The molecule has 172 valence electrons. The molecule has 0 bridgehead atoms. The second-order valence-corrected chi connectivity index (χ2v) is 7.48.